The van der Waals surface area contributed by atoms with Gasteiger partial charge in [-0.15, -0.1) is 0 Å². The van der Waals surface area contributed by atoms with Gasteiger partial charge >= 0.3 is 0 Å². The van der Waals surface area contributed by atoms with Crippen LogP contribution in [0.4, 0.5) is 0 Å². The molecule has 1 rings (SSSR count). The highest BCUT2D eigenvalue weighted by atomic mass is 16.6. The van der Waals surface area contributed by atoms with Gasteiger partial charge in [0.15, 0.2) is 0 Å². The largest absolute Gasteiger partial charge is 0.414 e. The fraction of sp³-hybridized carbons (Fsp3) is 0.667. The Balaban J connectivity index is 1.95. The van der Waals surface area contributed by atoms with Crippen LogP contribution in [-0.4, -0.2) is 6.04 Å². The third kappa shape index (κ3) is 1.98. The molecule has 0 atom stereocenters. The Hall–Kier alpha value is -0.500. The Morgan fingerprint density at radius 3 is 2.75 bits per heavy atom. The van der Waals surface area contributed by atoms with Gasteiger partial charge in [0.25, 0.3) is 0 Å². The number of hydrogen-bond acceptors (Lipinski definition) is 2. The van der Waals surface area contributed by atoms with Gasteiger partial charge in [-0.25, -0.2) is 0 Å². The van der Waals surface area contributed by atoms with E-state index in [-0.39, 0.29) is 0 Å². The third-order valence-electron chi connectivity index (χ3n) is 0.977. The van der Waals surface area contributed by atoms with E-state index in [2.05, 4.69) is 12.1 Å². The zero-order chi connectivity index (χ0) is 5.98. The number of nitrogens with one attached hydrogen (secondary N) is 1. The van der Waals surface area contributed by atoms with E-state index >= 15 is 0 Å². The molecule has 46 valence electrons. The van der Waals surface area contributed by atoms with Crippen molar-refractivity contribution in [2.75, 3.05) is 0 Å². The second-order valence-corrected chi connectivity index (χ2v) is 2.20. The lowest BCUT2D eigenvalue weighted by molar-refractivity contribution is 0.102. The van der Waals surface area contributed by atoms with Gasteiger partial charge in [0.05, 0.1) is 0 Å². The molecule has 2 heteroatoms. The van der Waals surface area contributed by atoms with Crippen LogP contribution in [0.2, 0.25) is 0 Å². The summed E-state index contributed by atoms with van der Waals surface area (Å²) in [5.74, 6) is 0.733. The van der Waals surface area contributed by atoms with E-state index in [1.807, 2.05) is 6.92 Å². The second-order valence-electron chi connectivity index (χ2n) is 2.20. The van der Waals surface area contributed by atoms with Gasteiger partial charge in [-0.3, -0.25) is 0 Å². The predicted molar refractivity (Wildman–Crippen MR) is 32.1 cm³/mol. The van der Waals surface area contributed by atoms with Gasteiger partial charge in [-0.1, -0.05) is 6.58 Å². The summed E-state index contributed by atoms with van der Waals surface area (Å²) in [5, 5.41) is 0. The Morgan fingerprint density at radius 2 is 2.38 bits per heavy atom. The van der Waals surface area contributed by atoms with Crippen LogP contribution in [0.3, 0.4) is 0 Å². The molecule has 1 saturated carbocycles. The molecular weight excluding hydrogens is 102 g/mol. The van der Waals surface area contributed by atoms with Crippen LogP contribution < -0.4 is 5.48 Å². The molecule has 1 aliphatic rings. The predicted octanol–water partition coefficient (Wildman–Crippen LogP) is 1.20. The summed E-state index contributed by atoms with van der Waals surface area (Å²) in [6.45, 7) is 5.40. The maximum atomic E-state index is 4.92. The summed E-state index contributed by atoms with van der Waals surface area (Å²) in [6.07, 6.45) is 2.49. The van der Waals surface area contributed by atoms with E-state index in [0.29, 0.717) is 6.04 Å². The first-order chi connectivity index (χ1) is 3.79. The van der Waals surface area contributed by atoms with E-state index in [1.165, 1.54) is 12.8 Å². The minimum absolute atomic E-state index is 0.603. The van der Waals surface area contributed by atoms with Gasteiger partial charge in [-0.2, -0.15) is 5.48 Å². The van der Waals surface area contributed by atoms with Crippen molar-refractivity contribution in [1.29, 1.82) is 0 Å². The minimum atomic E-state index is 0.603. The molecule has 1 fully saturated rings. The van der Waals surface area contributed by atoms with Crippen LogP contribution in [0, 0.1) is 0 Å². The summed E-state index contributed by atoms with van der Waals surface area (Å²) in [6, 6.07) is 0.603. The SMILES string of the molecule is C=C(C)ONC1CC1. The van der Waals surface area contributed by atoms with Gasteiger partial charge < -0.3 is 4.84 Å². The fourth-order valence-electron chi connectivity index (χ4n) is 0.385. The standard InChI is InChI=1S/C6H11NO/c1-5(2)8-7-6-3-4-6/h6-7H,1,3-4H2,2H3. The van der Waals surface area contributed by atoms with Gasteiger partial charge in [0.2, 0.25) is 0 Å². The highest BCUT2D eigenvalue weighted by molar-refractivity contribution is 4.80. The minimum Gasteiger partial charge on any atom is -0.414 e. The van der Waals surface area contributed by atoms with Crippen LogP contribution in [0.5, 0.6) is 0 Å². The quantitative estimate of drug-likeness (QED) is 0.438. The molecule has 0 aliphatic heterocycles. The number of hydrogen-bond donors (Lipinski definition) is 1. The molecule has 1 N–H and O–H groups in total. The molecule has 0 radical (unpaired) electrons. The lowest BCUT2D eigenvalue weighted by Crippen LogP contribution is -2.14. The smallest absolute Gasteiger partial charge is 0.114 e. The molecule has 0 heterocycles. The summed E-state index contributed by atoms with van der Waals surface area (Å²) in [4.78, 5) is 4.92. The first kappa shape index (κ1) is 5.63. The molecule has 0 amide bonds. The fourth-order valence-corrected chi connectivity index (χ4v) is 0.385. The van der Waals surface area contributed by atoms with Crippen LogP contribution in [0.1, 0.15) is 19.8 Å². The molecule has 0 aromatic heterocycles. The highest BCUT2D eigenvalue weighted by Crippen LogP contribution is 2.18. The van der Waals surface area contributed by atoms with E-state index in [1.54, 1.807) is 0 Å². The zero-order valence-electron chi connectivity index (χ0n) is 5.11. The molecule has 0 aromatic rings. The van der Waals surface area contributed by atoms with E-state index in [9.17, 15) is 0 Å². The first-order valence-electron chi connectivity index (χ1n) is 2.87. The maximum absolute atomic E-state index is 4.92. The normalized spacial score (nSPS) is 18.1. The molecule has 0 spiro atoms. The van der Waals surface area contributed by atoms with Crippen LogP contribution >= 0.6 is 0 Å². The van der Waals surface area contributed by atoms with Crippen LogP contribution in [0.25, 0.3) is 0 Å². The number of allylic oxidation sites excluding steroid dienone is 1. The average molecular weight is 113 g/mol. The van der Waals surface area contributed by atoms with Crippen LogP contribution in [-0.2, 0) is 4.84 Å². The summed E-state index contributed by atoms with van der Waals surface area (Å²) >= 11 is 0. The third-order valence-corrected chi connectivity index (χ3v) is 0.977. The molecule has 0 saturated heterocycles. The summed E-state index contributed by atoms with van der Waals surface area (Å²) in [5.41, 5.74) is 2.86. The number of hydroxylamine groups is 1. The lowest BCUT2D eigenvalue weighted by Gasteiger charge is -2.02. The van der Waals surface area contributed by atoms with Gasteiger partial charge in [0.1, 0.15) is 5.76 Å². The van der Waals surface area contributed by atoms with Crippen molar-refractivity contribution in [3.8, 4) is 0 Å². The Bertz CT molecular complexity index is 96.7. The molecule has 2 nitrogen and oxygen atoms in total. The first-order valence-corrected chi connectivity index (χ1v) is 2.87. The van der Waals surface area contributed by atoms with Crippen molar-refractivity contribution in [1.82, 2.24) is 5.48 Å². The topological polar surface area (TPSA) is 21.3 Å². The van der Waals surface area contributed by atoms with Crippen molar-refractivity contribution in [2.45, 2.75) is 25.8 Å². The monoisotopic (exact) mass is 113 g/mol. The van der Waals surface area contributed by atoms with Crippen molar-refractivity contribution >= 4 is 0 Å². The molecule has 0 bridgehead atoms. The summed E-state index contributed by atoms with van der Waals surface area (Å²) < 4.78 is 0. The van der Waals surface area contributed by atoms with E-state index in [0.717, 1.165) is 5.76 Å². The molecule has 0 aromatic carbocycles. The zero-order valence-corrected chi connectivity index (χ0v) is 5.11. The van der Waals surface area contributed by atoms with E-state index < -0.39 is 0 Å². The lowest BCUT2D eigenvalue weighted by atomic mass is 10.7. The van der Waals surface area contributed by atoms with Crippen molar-refractivity contribution in [3.05, 3.63) is 12.3 Å². The molecule has 8 heavy (non-hydrogen) atoms. The second kappa shape index (κ2) is 2.18. The Morgan fingerprint density at radius 1 is 1.75 bits per heavy atom. The molecule has 0 unspecified atom stereocenters. The average Bonchev–Trinajstić information content (AvgIpc) is 2.41. The maximum Gasteiger partial charge on any atom is 0.114 e. The van der Waals surface area contributed by atoms with Crippen LogP contribution in [0.15, 0.2) is 12.3 Å². The van der Waals surface area contributed by atoms with E-state index in [4.69, 9.17) is 4.84 Å². The van der Waals surface area contributed by atoms with Crippen molar-refractivity contribution in [3.63, 3.8) is 0 Å². The van der Waals surface area contributed by atoms with Gasteiger partial charge in [-0.05, 0) is 19.8 Å². The molecule has 1 aliphatic carbocycles. The Kier molecular flexibility index (Phi) is 1.53. The Labute approximate surface area is 49.5 Å². The van der Waals surface area contributed by atoms with Gasteiger partial charge in [0, 0.05) is 6.04 Å². The summed E-state index contributed by atoms with van der Waals surface area (Å²) in [7, 11) is 0. The highest BCUT2D eigenvalue weighted by Gasteiger charge is 2.21. The van der Waals surface area contributed by atoms with Crippen molar-refractivity contribution < 1.29 is 4.84 Å². The number of rotatable bonds is 3. The van der Waals surface area contributed by atoms with Crippen molar-refractivity contribution in [2.24, 2.45) is 0 Å². The molecular formula is C6H11NO.